The van der Waals surface area contributed by atoms with E-state index in [1.807, 2.05) is 13.0 Å². The van der Waals surface area contributed by atoms with Crippen molar-refractivity contribution >= 4 is 34.4 Å². The molecule has 8 heteroatoms. The molecule has 2 heterocycles. The molecule has 0 aliphatic heterocycles. The molecular formula is C24H23FN4O3. The zero-order valence-electron chi connectivity index (χ0n) is 18.1. The summed E-state index contributed by atoms with van der Waals surface area (Å²) < 4.78 is 19.3. The number of ether oxygens (including phenoxy) is 1. The van der Waals surface area contributed by atoms with Crippen LogP contribution in [-0.2, 0) is 9.53 Å². The van der Waals surface area contributed by atoms with E-state index < -0.39 is 11.9 Å². The number of pyridine rings is 2. The van der Waals surface area contributed by atoms with Gasteiger partial charge in [-0.15, -0.1) is 0 Å². The molecule has 0 radical (unpaired) electrons. The molecule has 1 saturated carbocycles. The molecule has 4 rings (SSSR count). The van der Waals surface area contributed by atoms with E-state index in [1.54, 1.807) is 25.3 Å². The average Bonchev–Trinajstić information content (AvgIpc) is 3.54. The molecule has 164 valence electrons. The van der Waals surface area contributed by atoms with Crippen LogP contribution < -0.4 is 10.6 Å². The highest BCUT2D eigenvalue weighted by Gasteiger charge is 2.29. The fourth-order valence-electron chi connectivity index (χ4n) is 3.43. The Hall–Kier alpha value is -3.81. The molecule has 32 heavy (non-hydrogen) atoms. The smallest absolute Gasteiger partial charge is 0.416 e. The van der Waals surface area contributed by atoms with E-state index in [1.165, 1.54) is 13.0 Å². The van der Waals surface area contributed by atoms with Gasteiger partial charge in [0, 0.05) is 34.8 Å². The van der Waals surface area contributed by atoms with Gasteiger partial charge in [-0.2, -0.15) is 0 Å². The number of rotatable bonds is 5. The minimum atomic E-state index is -0.815. The highest BCUT2D eigenvalue weighted by Crippen LogP contribution is 2.33. The summed E-state index contributed by atoms with van der Waals surface area (Å²) in [6, 6.07) is 6.56. The van der Waals surface area contributed by atoms with Crippen LogP contribution in [0.1, 0.15) is 31.0 Å². The first-order chi connectivity index (χ1) is 15.2. The first kappa shape index (κ1) is 21.4. The largest absolute Gasteiger partial charge is 0.416 e. The molecule has 0 spiro atoms. The van der Waals surface area contributed by atoms with Gasteiger partial charge >= 0.3 is 6.09 Å². The number of aromatic nitrogens is 2. The van der Waals surface area contributed by atoms with Gasteiger partial charge in [-0.05, 0) is 62.9 Å². The van der Waals surface area contributed by atoms with Gasteiger partial charge in [-0.3, -0.25) is 15.1 Å². The van der Waals surface area contributed by atoms with Crippen LogP contribution in [0.3, 0.4) is 0 Å². The third kappa shape index (κ3) is 4.59. The SMILES string of the molecule is C=C(C)OC(=O)Nc1cc(-c2cc3cnc(NC(=O)C4CC4)cc3nc2C)c(C)cc1F. The topological polar surface area (TPSA) is 93.2 Å². The maximum Gasteiger partial charge on any atom is 0.416 e. The molecule has 2 aromatic heterocycles. The average molecular weight is 434 g/mol. The van der Waals surface area contributed by atoms with Gasteiger partial charge in [-0.1, -0.05) is 6.58 Å². The Balaban J connectivity index is 1.68. The fraction of sp³-hybridized carbons (Fsp3) is 0.250. The van der Waals surface area contributed by atoms with E-state index in [4.69, 9.17) is 4.74 Å². The maximum atomic E-state index is 14.5. The first-order valence-electron chi connectivity index (χ1n) is 10.2. The number of amides is 2. The van der Waals surface area contributed by atoms with Crippen molar-refractivity contribution in [3.05, 3.63) is 59.9 Å². The second kappa shape index (κ2) is 8.37. The normalized spacial score (nSPS) is 13.0. The van der Waals surface area contributed by atoms with E-state index in [-0.39, 0.29) is 23.3 Å². The highest BCUT2D eigenvalue weighted by molar-refractivity contribution is 5.95. The number of allylic oxidation sites excluding steroid dienone is 1. The van der Waals surface area contributed by atoms with Gasteiger partial charge in [-0.25, -0.2) is 14.2 Å². The number of carbonyl (C=O) groups excluding carboxylic acids is 2. The molecule has 1 aromatic carbocycles. The molecule has 1 fully saturated rings. The van der Waals surface area contributed by atoms with Crippen molar-refractivity contribution in [1.82, 2.24) is 9.97 Å². The number of hydrogen-bond donors (Lipinski definition) is 2. The Labute approximate surface area is 184 Å². The van der Waals surface area contributed by atoms with E-state index in [0.717, 1.165) is 29.4 Å². The molecule has 0 saturated heterocycles. The minimum Gasteiger partial charge on any atom is -0.416 e. The number of carbonyl (C=O) groups is 2. The quantitative estimate of drug-likeness (QED) is 0.519. The van der Waals surface area contributed by atoms with Crippen LogP contribution in [0.15, 0.2) is 42.8 Å². The summed E-state index contributed by atoms with van der Waals surface area (Å²) in [5, 5.41) is 6.00. The lowest BCUT2D eigenvalue weighted by Gasteiger charge is -2.14. The molecule has 7 nitrogen and oxygen atoms in total. The molecular weight excluding hydrogens is 411 g/mol. The summed E-state index contributed by atoms with van der Waals surface area (Å²) in [5.74, 6) is 0.160. The number of halogens is 1. The Bertz CT molecular complexity index is 1270. The van der Waals surface area contributed by atoms with Crippen LogP contribution in [0, 0.1) is 25.6 Å². The zero-order chi connectivity index (χ0) is 23.0. The molecule has 0 bridgehead atoms. The predicted octanol–water partition coefficient (Wildman–Crippen LogP) is 5.48. The lowest BCUT2D eigenvalue weighted by atomic mass is 9.97. The lowest BCUT2D eigenvalue weighted by molar-refractivity contribution is -0.117. The van der Waals surface area contributed by atoms with Crippen LogP contribution in [0.25, 0.3) is 22.0 Å². The van der Waals surface area contributed by atoms with Crippen molar-refractivity contribution in [3.63, 3.8) is 0 Å². The van der Waals surface area contributed by atoms with Crippen LogP contribution in [-0.4, -0.2) is 22.0 Å². The minimum absolute atomic E-state index is 0.00684. The predicted molar refractivity (Wildman–Crippen MR) is 121 cm³/mol. The summed E-state index contributed by atoms with van der Waals surface area (Å²) in [7, 11) is 0. The van der Waals surface area contributed by atoms with Crippen LogP contribution in [0.4, 0.5) is 20.7 Å². The Morgan fingerprint density at radius 3 is 2.56 bits per heavy atom. The zero-order valence-corrected chi connectivity index (χ0v) is 18.1. The summed E-state index contributed by atoms with van der Waals surface area (Å²) in [6.07, 6.45) is 2.66. The lowest BCUT2D eigenvalue weighted by Crippen LogP contribution is -2.14. The van der Waals surface area contributed by atoms with Crippen molar-refractivity contribution in [1.29, 1.82) is 0 Å². The summed E-state index contributed by atoms with van der Waals surface area (Å²) in [5.41, 5.74) is 3.58. The summed E-state index contributed by atoms with van der Waals surface area (Å²) in [4.78, 5) is 32.9. The third-order valence-corrected chi connectivity index (χ3v) is 5.20. The molecule has 1 aliphatic carbocycles. The van der Waals surface area contributed by atoms with Gasteiger partial charge in [0.15, 0.2) is 0 Å². The van der Waals surface area contributed by atoms with E-state index in [0.29, 0.717) is 22.6 Å². The van der Waals surface area contributed by atoms with Gasteiger partial charge in [0.1, 0.15) is 11.6 Å². The Kier molecular flexibility index (Phi) is 5.61. The van der Waals surface area contributed by atoms with Crippen LogP contribution in [0.5, 0.6) is 0 Å². The van der Waals surface area contributed by atoms with Gasteiger partial charge in [0.2, 0.25) is 5.91 Å². The van der Waals surface area contributed by atoms with Gasteiger partial charge in [0.05, 0.1) is 17.0 Å². The van der Waals surface area contributed by atoms with Crippen molar-refractivity contribution in [3.8, 4) is 11.1 Å². The van der Waals surface area contributed by atoms with Crippen LogP contribution >= 0.6 is 0 Å². The number of anilines is 2. The number of hydrogen-bond acceptors (Lipinski definition) is 5. The summed E-state index contributed by atoms with van der Waals surface area (Å²) in [6.45, 7) is 8.66. The highest BCUT2D eigenvalue weighted by atomic mass is 19.1. The molecule has 0 atom stereocenters. The first-order valence-corrected chi connectivity index (χ1v) is 10.2. The molecule has 2 amide bonds. The van der Waals surface area contributed by atoms with Crippen molar-refractivity contribution in [2.24, 2.45) is 5.92 Å². The van der Waals surface area contributed by atoms with Crippen molar-refractivity contribution < 1.29 is 18.7 Å². The van der Waals surface area contributed by atoms with E-state index in [9.17, 15) is 14.0 Å². The third-order valence-electron chi connectivity index (χ3n) is 5.20. The summed E-state index contributed by atoms with van der Waals surface area (Å²) >= 11 is 0. The fourth-order valence-corrected chi connectivity index (χ4v) is 3.43. The van der Waals surface area contributed by atoms with Crippen molar-refractivity contribution in [2.75, 3.05) is 10.6 Å². The second-order valence-electron chi connectivity index (χ2n) is 8.01. The number of fused-ring (bicyclic) bond motifs is 1. The molecule has 1 aliphatic rings. The van der Waals surface area contributed by atoms with Gasteiger partial charge < -0.3 is 10.1 Å². The standard InChI is InChI=1S/C24H23FN4O3/c1-12(2)32-24(31)28-21-9-17(13(3)7-19(21)25)18-8-16-11-26-22(10-20(16)27-14(18)4)29-23(30)15-5-6-15/h7-11,15H,1,5-6H2,2-4H3,(H,28,31)(H,26,29,30). The van der Waals surface area contributed by atoms with Gasteiger partial charge in [0.25, 0.3) is 0 Å². The van der Waals surface area contributed by atoms with Crippen molar-refractivity contribution in [2.45, 2.75) is 33.6 Å². The Morgan fingerprint density at radius 1 is 1.12 bits per heavy atom. The number of nitrogens with one attached hydrogen (secondary N) is 2. The molecule has 0 unspecified atom stereocenters. The van der Waals surface area contributed by atoms with E-state index >= 15 is 0 Å². The monoisotopic (exact) mass is 434 g/mol. The molecule has 2 N–H and O–H groups in total. The Morgan fingerprint density at radius 2 is 1.88 bits per heavy atom. The number of aryl methyl sites for hydroxylation is 2. The van der Waals surface area contributed by atoms with E-state index in [2.05, 4.69) is 27.2 Å². The maximum absolute atomic E-state index is 14.5. The second-order valence-corrected chi connectivity index (χ2v) is 8.01. The number of nitrogens with zero attached hydrogens (tertiary/aromatic N) is 2. The van der Waals surface area contributed by atoms with Crippen LogP contribution in [0.2, 0.25) is 0 Å². The number of benzene rings is 1. The molecule has 3 aromatic rings.